The summed E-state index contributed by atoms with van der Waals surface area (Å²) in [6, 6.07) is 11.7. The molecule has 1 aromatic carbocycles. The minimum atomic E-state index is 0.590. The Morgan fingerprint density at radius 1 is 1.06 bits per heavy atom. The fourth-order valence-electron chi connectivity index (χ4n) is 2.03. The molecule has 0 bridgehead atoms. The zero-order chi connectivity index (χ0) is 12.5. The first-order valence-corrected chi connectivity index (χ1v) is 5.78. The molecule has 2 heterocycles. The molecule has 1 aromatic heterocycles. The van der Waals surface area contributed by atoms with E-state index in [1.165, 1.54) is 0 Å². The molecule has 0 atom stereocenters. The van der Waals surface area contributed by atoms with E-state index in [9.17, 15) is 0 Å². The summed E-state index contributed by atoms with van der Waals surface area (Å²) in [5.41, 5.74) is 3.02. The summed E-state index contributed by atoms with van der Waals surface area (Å²) in [6.45, 7) is 2.05. The second-order valence-corrected chi connectivity index (χ2v) is 4.16. The number of fused-ring (bicyclic) bond motifs is 2. The van der Waals surface area contributed by atoms with E-state index < -0.39 is 0 Å². The van der Waals surface area contributed by atoms with Crippen LogP contribution >= 0.6 is 0 Å². The summed E-state index contributed by atoms with van der Waals surface area (Å²) in [5, 5.41) is 0. The number of pyridine rings is 1. The van der Waals surface area contributed by atoms with Gasteiger partial charge in [0.1, 0.15) is 11.4 Å². The summed E-state index contributed by atoms with van der Waals surface area (Å²) in [6.07, 6.45) is 2.02. The van der Waals surface area contributed by atoms with Crippen molar-refractivity contribution in [2.24, 2.45) is 0 Å². The van der Waals surface area contributed by atoms with Crippen molar-refractivity contribution in [1.29, 1.82) is 0 Å². The number of para-hydroxylation sites is 1. The van der Waals surface area contributed by atoms with Gasteiger partial charge in [-0.15, -0.1) is 0 Å². The molecule has 0 spiro atoms. The molecule has 2 aromatic rings. The largest absolute Gasteiger partial charge is 0.481 e. The lowest BCUT2D eigenvalue weighted by Crippen LogP contribution is -1.92. The number of aromatic nitrogens is 1. The van der Waals surface area contributed by atoms with Crippen LogP contribution in [0.15, 0.2) is 36.4 Å². The van der Waals surface area contributed by atoms with Gasteiger partial charge in [-0.05, 0) is 30.7 Å². The van der Waals surface area contributed by atoms with Crippen LogP contribution in [0.1, 0.15) is 18.2 Å². The van der Waals surface area contributed by atoms with Crippen molar-refractivity contribution in [3.05, 3.63) is 47.7 Å². The van der Waals surface area contributed by atoms with Crippen LogP contribution in [0.4, 0.5) is 0 Å². The van der Waals surface area contributed by atoms with Gasteiger partial charge in [0.15, 0.2) is 5.75 Å². The van der Waals surface area contributed by atoms with E-state index in [2.05, 4.69) is 11.9 Å². The van der Waals surface area contributed by atoms with E-state index in [1.807, 2.05) is 36.4 Å². The van der Waals surface area contributed by atoms with Gasteiger partial charge in [0.2, 0.25) is 5.88 Å². The Morgan fingerprint density at radius 2 is 1.89 bits per heavy atom. The Bertz CT molecular complexity index is 632. The van der Waals surface area contributed by atoms with Crippen molar-refractivity contribution in [3.8, 4) is 17.4 Å². The number of nitrogens with zero attached hydrogens (tertiary/aromatic N) is 1. The molecular weight excluding hydrogens is 226 g/mol. The van der Waals surface area contributed by atoms with Gasteiger partial charge in [-0.2, -0.15) is 0 Å². The highest BCUT2D eigenvalue weighted by atomic mass is 16.5. The van der Waals surface area contributed by atoms with Gasteiger partial charge in [-0.1, -0.05) is 18.2 Å². The number of rotatable bonds is 1. The van der Waals surface area contributed by atoms with E-state index >= 15 is 0 Å². The third-order valence-electron chi connectivity index (χ3n) is 2.95. The molecule has 0 radical (unpaired) electrons. The first-order valence-electron chi connectivity index (χ1n) is 5.78. The van der Waals surface area contributed by atoms with E-state index in [4.69, 9.17) is 9.47 Å². The molecule has 3 heteroatoms. The Kier molecular flexibility index (Phi) is 2.52. The van der Waals surface area contributed by atoms with Crippen molar-refractivity contribution in [3.63, 3.8) is 0 Å². The van der Waals surface area contributed by atoms with Gasteiger partial charge in [0.05, 0.1) is 7.11 Å². The Labute approximate surface area is 106 Å². The van der Waals surface area contributed by atoms with Crippen LogP contribution in [-0.4, -0.2) is 12.1 Å². The summed E-state index contributed by atoms with van der Waals surface area (Å²) < 4.78 is 11.0. The van der Waals surface area contributed by atoms with Crippen LogP contribution in [-0.2, 0) is 0 Å². The smallest absolute Gasteiger partial charge is 0.213 e. The number of hydrogen-bond acceptors (Lipinski definition) is 3. The number of benzene rings is 1. The van der Waals surface area contributed by atoms with Crippen molar-refractivity contribution >= 4 is 11.6 Å². The predicted octanol–water partition coefficient (Wildman–Crippen LogP) is 3.76. The lowest BCUT2D eigenvalue weighted by Gasteiger charge is -2.09. The van der Waals surface area contributed by atoms with E-state index in [0.717, 1.165) is 28.3 Å². The molecular formula is C15H13NO2. The zero-order valence-electron chi connectivity index (χ0n) is 10.3. The van der Waals surface area contributed by atoms with Crippen molar-refractivity contribution in [2.75, 3.05) is 7.11 Å². The number of hydrogen-bond donors (Lipinski definition) is 0. The predicted molar refractivity (Wildman–Crippen MR) is 70.9 cm³/mol. The molecule has 1 aliphatic rings. The van der Waals surface area contributed by atoms with Crippen molar-refractivity contribution in [2.45, 2.75) is 6.92 Å². The van der Waals surface area contributed by atoms with E-state index in [0.29, 0.717) is 5.88 Å². The second kappa shape index (κ2) is 4.18. The molecule has 0 amide bonds. The normalized spacial score (nSPS) is 12.7. The highest BCUT2D eigenvalue weighted by Gasteiger charge is 2.15. The van der Waals surface area contributed by atoms with Gasteiger partial charge in [0.25, 0.3) is 0 Å². The lowest BCUT2D eigenvalue weighted by molar-refractivity contribution is 0.394. The third kappa shape index (κ3) is 1.74. The Morgan fingerprint density at radius 3 is 2.72 bits per heavy atom. The molecule has 0 saturated carbocycles. The molecule has 1 aliphatic heterocycles. The SMILES string of the molecule is COc1ccc2c(n1)C=C(C)c1ccccc1O2. The summed E-state index contributed by atoms with van der Waals surface area (Å²) in [7, 11) is 1.61. The fraction of sp³-hybridized carbons (Fsp3) is 0.133. The average Bonchev–Trinajstić information content (AvgIpc) is 2.54. The van der Waals surface area contributed by atoms with Crippen LogP contribution in [0.2, 0.25) is 0 Å². The molecule has 18 heavy (non-hydrogen) atoms. The Hall–Kier alpha value is -2.29. The first kappa shape index (κ1) is 10.8. The van der Waals surface area contributed by atoms with Crippen LogP contribution in [0, 0.1) is 0 Å². The maximum absolute atomic E-state index is 5.90. The van der Waals surface area contributed by atoms with Gasteiger partial charge in [0, 0.05) is 11.6 Å². The van der Waals surface area contributed by atoms with Gasteiger partial charge < -0.3 is 9.47 Å². The molecule has 3 rings (SSSR count). The number of ether oxygens (including phenoxy) is 2. The summed E-state index contributed by atoms with van der Waals surface area (Å²) >= 11 is 0. The first-order chi connectivity index (χ1) is 8.78. The maximum Gasteiger partial charge on any atom is 0.213 e. The Balaban J connectivity index is 2.18. The minimum Gasteiger partial charge on any atom is -0.481 e. The zero-order valence-corrected chi connectivity index (χ0v) is 10.3. The molecule has 3 nitrogen and oxygen atoms in total. The molecule has 90 valence electrons. The standard InChI is InChI=1S/C15H13NO2/c1-10-9-12-14(7-8-15(16-12)17-2)18-13-6-4-3-5-11(10)13/h3-9H,1-2H3. The van der Waals surface area contributed by atoms with Crippen LogP contribution in [0.3, 0.4) is 0 Å². The molecule has 0 unspecified atom stereocenters. The molecule has 0 aliphatic carbocycles. The minimum absolute atomic E-state index is 0.590. The van der Waals surface area contributed by atoms with Crippen LogP contribution < -0.4 is 9.47 Å². The van der Waals surface area contributed by atoms with Crippen molar-refractivity contribution in [1.82, 2.24) is 4.98 Å². The van der Waals surface area contributed by atoms with Gasteiger partial charge >= 0.3 is 0 Å². The molecule has 0 N–H and O–H groups in total. The van der Waals surface area contributed by atoms with Crippen LogP contribution in [0.25, 0.3) is 11.6 Å². The monoisotopic (exact) mass is 239 g/mol. The number of allylic oxidation sites excluding steroid dienone is 1. The highest BCUT2D eigenvalue weighted by molar-refractivity contribution is 5.85. The van der Waals surface area contributed by atoms with E-state index in [1.54, 1.807) is 13.2 Å². The summed E-state index contributed by atoms with van der Waals surface area (Å²) in [5.74, 6) is 2.20. The molecule has 0 saturated heterocycles. The highest BCUT2D eigenvalue weighted by Crippen LogP contribution is 2.37. The van der Waals surface area contributed by atoms with Gasteiger partial charge in [-0.3, -0.25) is 0 Å². The maximum atomic E-state index is 5.90. The quantitative estimate of drug-likeness (QED) is 0.759. The van der Waals surface area contributed by atoms with E-state index in [-0.39, 0.29) is 0 Å². The van der Waals surface area contributed by atoms with Gasteiger partial charge in [-0.25, -0.2) is 4.98 Å². The second-order valence-electron chi connectivity index (χ2n) is 4.16. The lowest BCUT2D eigenvalue weighted by atomic mass is 10.1. The average molecular weight is 239 g/mol. The number of methoxy groups -OCH3 is 1. The summed E-state index contributed by atoms with van der Waals surface area (Å²) in [4.78, 5) is 4.40. The topological polar surface area (TPSA) is 31.4 Å². The van der Waals surface area contributed by atoms with Crippen molar-refractivity contribution < 1.29 is 9.47 Å². The van der Waals surface area contributed by atoms with Crippen LogP contribution in [0.5, 0.6) is 17.4 Å². The molecule has 0 fully saturated rings. The third-order valence-corrected chi connectivity index (χ3v) is 2.95. The fourth-order valence-corrected chi connectivity index (χ4v) is 2.03.